The van der Waals surface area contributed by atoms with E-state index in [1.807, 2.05) is 0 Å². The molecule has 1 amide bonds. The lowest BCUT2D eigenvalue weighted by molar-refractivity contribution is -0.384. The minimum absolute atomic E-state index is 0. The Balaban J connectivity index is 0.00000132. The first-order valence-corrected chi connectivity index (χ1v) is 7.16. The van der Waals surface area contributed by atoms with E-state index < -0.39 is 4.92 Å². The Morgan fingerprint density at radius 1 is 1.22 bits per heavy atom. The molecule has 1 saturated heterocycles. The largest absolute Gasteiger partial charge is 0.314 e. The predicted molar refractivity (Wildman–Crippen MR) is 93.0 cm³/mol. The number of nitrogens with one attached hydrogen (secondary N) is 1. The highest BCUT2D eigenvalue weighted by Gasteiger charge is 2.27. The van der Waals surface area contributed by atoms with Gasteiger partial charge in [0.2, 0.25) is 5.91 Å². The Morgan fingerprint density at radius 3 is 2.57 bits per heavy atom. The van der Waals surface area contributed by atoms with Gasteiger partial charge in [0.25, 0.3) is 5.69 Å². The summed E-state index contributed by atoms with van der Waals surface area (Å²) in [5, 5.41) is 14.1. The minimum Gasteiger partial charge on any atom is -0.314 e. The smallest absolute Gasteiger partial charge is 0.271 e. The molecule has 7 nitrogen and oxygen atoms in total. The molecule has 0 radical (unpaired) electrons. The van der Waals surface area contributed by atoms with E-state index in [1.165, 1.54) is 12.1 Å². The molecule has 0 aliphatic carbocycles. The number of nitro groups is 1. The Morgan fingerprint density at radius 2 is 1.91 bits per heavy atom. The predicted octanol–water partition coefficient (Wildman–Crippen LogP) is 1.23. The summed E-state index contributed by atoms with van der Waals surface area (Å²) in [6, 6.07) is 4.77. The summed E-state index contributed by atoms with van der Waals surface area (Å²) in [6.07, 6.45) is 0.765. The van der Waals surface area contributed by atoms with E-state index in [4.69, 9.17) is 0 Å². The number of hydrogen-bond acceptors (Lipinski definition) is 5. The zero-order valence-electron chi connectivity index (χ0n) is 12.6. The lowest BCUT2D eigenvalue weighted by Gasteiger charge is -2.28. The fraction of sp³-hybridized carbons (Fsp3) is 0.500. The maximum atomic E-state index is 12.5. The van der Waals surface area contributed by atoms with Gasteiger partial charge in [-0.3, -0.25) is 19.8 Å². The van der Waals surface area contributed by atoms with E-state index in [1.54, 1.807) is 11.0 Å². The number of amides is 1. The van der Waals surface area contributed by atoms with Crippen LogP contribution < -0.4 is 10.2 Å². The van der Waals surface area contributed by atoms with Crippen LogP contribution in [0.2, 0.25) is 0 Å². The lowest BCUT2D eigenvalue weighted by atomic mass is 10.1. The van der Waals surface area contributed by atoms with E-state index in [0.29, 0.717) is 18.8 Å². The Kier molecular flexibility index (Phi) is 7.21. The molecule has 9 heteroatoms. The molecule has 2 heterocycles. The van der Waals surface area contributed by atoms with Crippen molar-refractivity contribution in [1.29, 1.82) is 0 Å². The molecule has 0 aromatic heterocycles. The molecule has 3 rings (SSSR count). The zero-order chi connectivity index (χ0) is 14.8. The molecular formula is C14H20Cl2N4O3. The van der Waals surface area contributed by atoms with Crippen molar-refractivity contribution in [2.75, 3.05) is 44.2 Å². The standard InChI is InChI=1S/C14H18N4O3.2ClH/c19-14(10-16-7-4-15-5-8-16)17-6-3-11-1-2-12(18(20)21)9-13(11)17;;/h1-2,9,15H,3-8,10H2;2*1H. The Hall–Kier alpha value is -1.41. The van der Waals surface area contributed by atoms with Gasteiger partial charge in [0.1, 0.15) is 0 Å². The van der Waals surface area contributed by atoms with Gasteiger partial charge in [0.15, 0.2) is 0 Å². The molecule has 2 aliphatic heterocycles. The number of piperazine rings is 1. The van der Waals surface area contributed by atoms with Gasteiger partial charge >= 0.3 is 0 Å². The highest BCUT2D eigenvalue weighted by Crippen LogP contribution is 2.31. The van der Waals surface area contributed by atoms with E-state index in [2.05, 4.69) is 10.2 Å². The SMILES string of the molecule is Cl.Cl.O=C(CN1CCNCC1)N1CCc2ccc([N+](=O)[O-])cc21. The average molecular weight is 363 g/mol. The third-order valence-corrected chi connectivity index (χ3v) is 4.04. The number of non-ortho nitro benzene ring substituents is 1. The molecule has 128 valence electrons. The molecule has 0 bridgehead atoms. The van der Waals surface area contributed by atoms with Crippen molar-refractivity contribution >= 4 is 42.1 Å². The van der Waals surface area contributed by atoms with Crippen molar-refractivity contribution in [2.45, 2.75) is 6.42 Å². The maximum absolute atomic E-state index is 12.5. The van der Waals surface area contributed by atoms with Crippen LogP contribution in [-0.4, -0.2) is 55.0 Å². The second-order valence-corrected chi connectivity index (χ2v) is 5.39. The molecule has 0 atom stereocenters. The number of carbonyl (C=O) groups is 1. The Labute approximate surface area is 147 Å². The van der Waals surface area contributed by atoms with Crippen LogP contribution in [0.25, 0.3) is 0 Å². The summed E-state index contributed by atoms with van der Waals surface area (Å²) in [5.74, 6) is 0.0242. The topological polar surface area (TPSA) is 78.7 Å². The molecule has 0 unspecified atom stereocenters. The normalized spacial score (nSPS) is 17.0. The lowest BCUT2D eigenvalue weighted by Crippen LogP contribution is -2.48. The molecular weight excluding hydrogens is 343 g/mol. The van der Waals surface area contributed by atoms with Gasteiger partial charge in [0.05, 0.1) is 17.2 Å². The molecule has 1 aromatic carbocycles. The number of halogens is 2. The van der Waals surface area contributed by atoms with Gasteiger partial charge in [-0.05, 0) is 12.0 Å². The van der Waals surface area contributed by atoms with E-state index in [9.17, 15) is 14.9 Å². The fourth-order valence-corrected chi connectivity index (χ4v) is 2.89. The van der Waals surface area contributed by atoms with Crippen LogP contribution in [0.1, 0.15) is 5.56 Å². The summed E-state index contributed by atoms with van der Waals surface area (Å²) in [5.41, 5.74) is 1.74. The third kappa shape index (κ3) is 4.32. The third-order valence-electron chi connectivity index (χ3n) is 4.04. The second-order valence-electron chi connectivity index (χ2n) is 5.39. The summed E-state index contributed by atoms with van der Waals surface area (Å²) in [7, 11) is 0. The number of fused-ring (bicyclic) bond motifs is 1. The molecule has 1 aromatic rings. The van der Waals surface area contributed by atoms with Gasteiger partial charge in [-0.1, -0.05) is 6.07 Å². The number of hydrogen-bond donors (Lipinski definition) is 1. The van der Waals surface area contributed by atoms with Gasteiger partial charge < -0.3 is 10.2 Å². The molecule has 0 spiro atoms. The molecule has 0 saturated carbocycles. The molecule has 1 fully saturated rings. The first kappa shape index (κ1) is 19.6. The van der Waals surface area contributed by atoms with Crippen LogP contribution >= 0.6 is 24.8 Å². The van der Waals surface area contributed by atoms with Crippen molar-refractivity contribution in [2.24, 2.45) is 0 Å². The van der Waals surface area contributed by atoms with Crippen LogP contribution in [0.5, 0.6) is 0 Å². The van der Waals surface area contributed by atoms with E-state index >= 15 is 0 Å². The number of nitrogens with zero attached hydrogens (tertiary/aromatic N) is 3. The highest BCUT2D eigenvalue weighted by atomic mass is 35.5. The van der Waals surface area contributed by atoms with Crippen molar-refractivity contribution in [3.05, 3.63) is 33.9 Å². The molecule has 2 aliphatic rings. The van der Waals surface area contributed by atoms with Crippen LogP contribution in [0.4, 0.5) is 11.4 Å². The second kappa shape index (κ2) is 8.44. The van der Waals surface area contributed by atoms with Crippen LogP contribution in [0.15, 0.2) is 18.2 Å². The van der Waals surface area contributed by atoms with Crippen LogP contribution in [0.3, 0.4) is 0 Å². The summed E-state index contributed by atoms with van der Waals surface area (Å²) < 4.78 is 0. The fourth-order valence-electron chi connectivity index (χ4n) is 2.89. The van der Waals surface area contributed by atoms with Gasteiger partial charge in [-0.25, -0.2) is 0 Å². The van der Waals surface area contributed by atoms with Crippen molar-refractivity contribution < 1.29 is 9.72 Å². The van der Waals surface area contributed by atoms with Crippen LogP contribution in [-0.2, 0) is 11.2 Å². The maximum Gasteiger partial charge on any atom is 0.271 e. The van der Waals surface area contributed by atoms with Gasteiger partial charge in [0, 0.05) is 44.9 Å². The van der Waals surface area contributed by atoms with Gasteiger partial charge in [-0.2, -0.15) is 0 Å². The number of nitro benzene ring substituents is 1. The number of rotatable bonds is 3. The summed E-state index contributed by atoms with van der Waals surface area (Å²) >= 11 is 0. The Bertz CT molecular complexity index is 579. The number of carbonyl (C=O) groups excluding carboxylic acids is 1. The van der Waals surface area contributed by atoms with Gasteiger partial charge in [-0.15, -0.1) is 24.8 Å². The van der Waals surface area contributed by atoms with Crippen molar-refractivity contribution in [3.8, 4) is 0 Å². The van der Waals surface area contributed by atoms with Crippen molar-refractivity contribution in [3.63, 3.8) is 0 Å². The summed E-state index contributed by atoms with van der Waals surface area (Å²) in [4.78, 5) is 26.7. The van der Waals surface area contributed by atoms with Crippen molar-refractivity contribution in [1.82, 2.24) is 10.2 Å². The number of anilines is 1. The summed E-state index contributed by atoms with van der Waals surface area (Å²) in [6.45, 7) is 4.51. The number of benzene rings is 1. The highest BCUT2D eigenvalue weighted by molar-refractivity contribution is 5.97. The zero-order valence-corrected chi connectivity index (χ0v) is 14.2. The average Bonchev–Trinajstić information content (AvgIpc) is 2.91. The quantitative estimate of drug-likeness (QED) is 0.646. The molecule has 23 heavy (non-hydrogen) atoms. The van der Waals surface area contributed by atoms with E-state index in [0.717, 1.165) is 38.2 Å². The van der Waals surface area contributed by atoms with Crippen LogP contribution in [0, 0.1) is 10.1 Å². The minimum atomic E-state index is -0.419. The monoisotopic (exact) mass is 362 g/mol. The van der Waals surface area contributed by atoms with E-state index in [-0.39, 0.29) is 36.4 Å². The first-order valence-electron chi connectivity index (χ1n) is 7.16. The molecule has 1 N–H and O–H groups in total. The first-order chi connectivity index (χ1) is 10.1.